The van der Waals surface area contributed by atoms with Gasteiger partial charge in [-0.15, -0.1) is 11.8 Å². The molecule has 3 nitrogen and oxygen atoms in total. The van der Waals surface area contributed by atoms with Gasteiger partial charge in [0.25, 0.3) is 5.56 Å². The van der Waals surface area contributed by atoms with E-state index in [1.165, 1.54) is 0 Å². The standard InChI is InChI=1S/C13H12Br2N2OS/c1-2-9-12(15)13(18)17-11(16-9)7-19-10-6-4-3-5-8(10)14/h3-6H,2,7H2,1H3,(H,16,17,18). The first-order valence-electron chi connectivity index (χ1n) is 5.76. The molecule has 19 heavy (non-hydrogen) atoms. The van der Waals surface area contributed by atoms with Gasteiger partial charge in [-0.1, -0.05) is 19.1 Å². The van der Waals surface area contributed by atoms with Gasteiger partial charge in [0, 0.05) is 9.37 Å². The average Bonchev–Trinajstić information content (AvgIpc) is 2.41. The third-order valence-corrected chi connectivity index (χ3v) is 5.37. The Hall–Kier alpha value is -0.590. The molecule has 0 spiro atoms. The van der Waals surface area contributed by atoms with E-state index in [0.717, 1.165) is 21.5 Å². The van der Waals surface area contributed by atoms with E-state index in [0.29, 0.717) is 16.0 Å². The number of rotatable bonds is 4. The number of nitrogens with zero attached hydrogens (tertiary/aromatic N) is 1. The van der Waals surface area contributed by atoms with E-state index >= 15 is 0 Å². The zero-order valence-corrected chi connectivity index (χ0v) is 14.2. The fourth-order valence-electron chi connectivity index (χ4n) is 1.57. The number of nitrogens with one attached hydrogen (secondary N) is 1. The zero-order chi connectivity index (χ0) is 13.8. The zero-order valence-electron chi connectivity index (χ0n) is 10.2. The van der Waals surface area contributed by atoms with Crippen molar-refractivity contribution in [1.29, 1.82) is 0 Å². The van der Waals surface area contributed by atoms with Crippen LogP contribution in [0.5, 0.6) is 0 Å². The van der Waals surface area contributed by atoms with Gasteiger partial charge in [0.15, 0.2) is 0 Å². The minimum Gasteiger partial charge on any atom is -0.309 e. The molecule has 1 heterocycles. The molecule has 0 bridgehead atoms. The lowest BCUT2D eigenvalue weighted by molar-refractivity contribution is 0.906. The van der Waals surface area contributed by atoms with Crippen LogP contribution in [-0.4, -0.2) is 9.97 Å². The number of benzene rings is 1. The third-order valence-electron chi connectivity index (χ3n) is 2.52. The first kappa shape index (κ1) is 14.8. The molecule has 2 aromatic rings. The highest BCUT2D eigenvalue weighted by Crippen LogP contribution is 2.28. The van der Waals surface area contributed by atoms with Crippen LogP contribution in [0.1, 0.15) is 18.4 Å². The minimum atomic E-state index is -0.116. The van der Waals surface area contributed by atoms with Crippen molar-refractivity contribution in [3.05, 3.63) is 55.1 Å². The summed E-state index contributed by atoms with van der Waals surface area (Å²) in [5, 5.41) is 0. The maximum atomic E-state index is 11.7. The van der Waals surface area contributed by atoms with Crippen LogP contribution < -0.4 is 5.56 Å². The molecule has 1 N–H and O–H groups in total. The van der Waals surface area contributed by atoms with Crippen molar-refractivity contribution in [2.24, 2.45) is 0 Å². The molecular formula is C13H12Br2N2OS. The molecule has 1 aromatic heterocycles. The second-order valence-corrected chi connectivity index (χ2v) is 6.51. The van der Waals surface area contributed by atoms with Crippen LogP contribution in [0.4, 0.5) is 0 Å². The topological polar surface area (TPSA) is 45.8 Å². The van der Waals surface area contributed by atoms with Crippen LogP contribution >= 0.6 is 43.6 Å². The predicted octanol–water partition coefficient (Wildman–Crippen LogP) is 4.15. The summed E-state index contributed by atoms with van der Waals surface area (Å²) in [5.41, 5.74) is 0.682. The Labute approximate surface area is 132 Å². The molecule has 0 saturated heterocycles. The lowest BCUT2D eigenvalue weighted by Gasteiger charge is -2.06. The molecule has 0 aliphatic rings. The first-order chi connectivity index (χ1) is 9.11. The number of aromatic amines is 1. The molecule has 0 radical (unpaired) electrons. The molecule has 100 valence electrons. The molecule has 2 rings (SSSR count). The van der Waals surface area contributed by atoms with Crippen LogP contribution in [0.2, 0.25) is 0 Å². The summed E-state index contributed by atoms with van der Waals surface area (Å²) in [7, 11) is 0. The van der Waals surface area contributed by atoms with Gasteiger partial charge in [-0.25, -0.2) is 4.98 Å². The third kappa shape index (κ3) is 3.70. The van der Waals surface area contributed by atoms with Gasteiger partial charge < -0.3 is 4.98 Å². The normalized spacial score (nSPS) is 10.7. The van der Waals surface area contributed by atoms with Crippen LogP contribution in [0.3, 0.4) is 0 Å². The van der Waals surface area contributed by atoms with E-state index in [1.54, 1.807) is 11.8 Å². The van der Waals surface area contributed by atoms with Crippen molar-refractivity contribution in [2.45, 2.75) is 24.0 Å². The molecule has 0 amide bonds. The van der Waals surface area contributed by atoms with Crippen LogP contribution in [-0.2, 0) is 12.2 Å². The number of halogens is 2. The Morgan fingerprint density at radius 3 is 2.74 bits per heavy atom. The fraction of sp³-hybridized carbons (Fsp3) is 0.231. The Kier molecular flexibility index (Phi) is 5.24. The van der Waals surface area contributed by atoms with E-state index < -0.39 is 0 Å². The largest absolute Gasteiger partial charge is 0.309 e. The predicted molar refractivity (Wildman–Crippen MR) is 85.6 cm³/mol. The van der Waals surface area contributed by atoms with Gasteiger partial charge in [-0.3, -0.25) is 4.79 Å². The van der Waals surface area contributed by atoms with Crippen molar-refractivity contribution >= 4 is 43.6 Å². The summed E-state index contributed by atoms with van der Waals surface area (Å²) < 4.78 is 1.58. The second-order valence-electron chi connectivity index (χ2n) is 3.85. The molecule has 0 fully saturated rings. The van der Waals surface area contributed by atoms with Gasteiger partial charge in [0.2, 0.25) is 0 Å². The Morgan fingerprint density at radius 2 is 2.05 bits per heavy atom. The highest BCUT2D eigenvalue weighted by Gasteiger charge is 2.08. The summed E-state index contributed by atoms with van der Waals surface area (Å²) >= 11 is 8.40. The van der Waals surface area contributed by atoms with Gasteiger partial charge in [0.05, 0.1) is 11.4 Å². The molecule has 0 aliphatic carbocycles. The van der Waals surface area contributed by atoms with E-state index in [4.69, 9.17) is 0 Å². The maximum Gasteiger partial charge on any atom is 0.265 e. The summed E-state index contributed by atoms with van der Waals surface area (Å²) in [5.74, 6) is 1.34. The fourth-order valence-corrected chi connectivity index (χ4v) is 3.47. The van der Waals surface area contributed by atoms with Crippen molar-refractivity contribution in [2.75, 3.05) is 0 Å². The maximum absolute atomic E-state index is 11.7. The van der Waals surface area contributed by atoms with E-state index in [9.17, 15) is 4.79 Å². The number of aromatic nitrogens is 2. The van der Waals surface area contributed by atoms with Crippen molar-refractivity contribution < 1.29 is 0 Å². The molecule has 0 saturated carbocycles. The Bertz CT molecular complexity index is 643. The summed E-state index contributed by atoms with van der Waals surface area (Å²) in [6, 6.07) is 8.00. The Morgan fingerprint density at radius 1 is 1.32 bits per heavy atom. The molecule has 6 heteroatoms. The summed E-state index contributed by atoms with van der Waals surface area (Å²) in [6.45, 7) is 1.98. The van der Waals surface area contributed by atoms with Crippen molar-refractivity contribution in [3.8, 4) is 0 Å². The quantitative estimate of drug-likeness (QED) is 0.780. The van der Waals surface area contributed by atoms with Crippen molar-refractivity contribution in [1.82, 2.24) is 9.97 Å². The average molecular weight is 404 g/mol. The van der Waals surface area contributed by atoms with E-state index in [-0.39, 0.29) is 5.56 Å². The van der Waals surface area contributed by atoms with E-state index in [2.05, 4.69) is 41.8 Å². The highest BCUT2D eigenvalue weighted by molar-refractivity contribution is 9.10. The summed E-state index contributed by atoms with van der Waals surface area (Å²) in [6.07, 6.45) is 0.733. The smallest absolute Gasteiger partial charge is 0.265 e. The van der Waals surface area contributed by atoms with Crippen LogP contribution in [0.15, 0.2) is 42.9 Å². The Balaban J connectivity index is 2.19. The molecular weight excluding hydrogens is 392 g/mol. The SMILES string of the molecule is CCc1nc(CSc2ccccc2Br)[nH]c(=O)c1Br. The van der Waals surface area contributed by atoms with Gasteiger partial charge in [0.1, 0.15) is 10.3 Å². The molecule has 1 aromatic carbocycles. The number of aryl methyl sites for hydroxylation is 1. The van der Waals surface area contributed by atoms with Gasteiger partial charge >= 0.3 is 0 Å². The number of hydrogen-bond donors (Lipinski definition) is 1. The lowest BCUT2D eigenvalue weighted by atomic mass is 10.3. The van der Waals surface area contributed by atoms with Crippen LogP contribution in [0.25, 0.3) is 0 Å². The number of thioether (sulfide) groups is 1. The van der Waals surface area contributed by atoms with Crippen molar-refractivity contribution in [3.63, 3.8) is 0 Å². The molecule has 0 atom stereocenters. The first-order valence-corrected chi connectivity index (χ1v) is 8.34. The molecule has 0 unspecified atom stereocenters. The monoisotopic (exact) mass is 402 g/mol. The summed E-state index contributed by atoms with van der Waals surface area (Å²) in [4.78, 5) is 20.1. The number of hydrogen-bond acceptors (Lipinski definition) is 3. The lowest BCUT2D eigenvalue weighted by Crippen LogP contribution is -2.14. The second kappa shape index (κ2) is 6.72. The van der Waals surface area contributed by atoms with Gasteiger partial charge in [-0.05, 0) is 50.4 Å². The van der Waals surface area contributed by atoms with Crippen LogP contribution in [0, 0.1) is 0 Å². The number of H-pyrrole nitrogens is 1. The molecule has 0 aliphatic heterocycles. The minimum absolute atomic E-state index is 0.116. The highest BCUT2D eigenvalue weighted by atomic mass is 79.9. The van der Waals surface area contributed by atoms with Gasteiger partial charge in [-0.2, -0.15) is 0 Å². The van der Waals surface area contributed by atoms with E-state index in [1.807, 2.05) is 31.2 Å².